The molecule has 5 heterocycles. The number of carboxylic acids is 1. The van der Waals surface area contributed by atoms with Crippen LogP contribution in [0.25, 0.3) is 5.57 Å². The van der Waals surface area contributed by atoms with E-state index in [9.17, 15) is 29.4 Å². The second-order valence-electron chi connectivity index (χ2n) is 11.6. The summed E-state index contributed by atoms with van der Waals surface area (Å²) < 4.78 is 19.8. The van der Waals surface area contributed by atoms with E-state index in [4.69, 9.17) is 14.2 Å². The number of carbonyl (C=O) groups is 4. The molecule has 2 aliphatic rings. The summed E-state index contributed by atoms with van der Waals surface area (Å²) in [5, 5.41) is 32.9. The van der Waals surface area contributed by atoms with Gasteiger partial charge in [-0.15, -0.1) is 0 Å². The summed E-state index contributed by atoms with van der Waals surface area (Å²) >= 11 is 0. The SMILES string of the molecule is COCn1cc(NC(=O)c2cc(NC(=O)c3cc(NC(=O)CNc4cc5c6c(c4O)N=CC=6CCN=5)cn3COC)cn2COC)cc1C(=O)O. The number of methoxy groups -OCH3 is 3. The molecule has 2 aliphatic heterocycles. The Kier molecular flexibility index (Phi) is 9.98. The Balaban J connectivity index is 1.14. The van der Waals surface area contributed by atoms with Crippen LogP contribution in [0.3, 0.4) is 0 Å². The third-order valence-corrected chi connectivity index (χ3v) is 8.00. The first kappa shape index (κ1) is 34.6. The van der Waals surface area contributed by atoms with E-state index in [1.54, 1.807) is 12.3 Å². The summed E-state index contributed by atoms with van der Waals surface area (Å²) in [4.78, 5) is 60.1. The third kappa shape index (κ3) is 7.23. The van der Waals surface area contributed by atoms with Crippen molar-refractivity contribution in [3.63, 3.8) is 0 Å². The smallest absolute Gasteiger partial charge is 0.352 e. The first-order valence-corrected chi connectivity index (χ1v) is 15.5. The highest BCUT2D eigenvalue weighted by molar-refractivity contribution is 6.09. The van der Waals surface area contributed by atoms with Gasteiger partial charge in [0.1, 0.15) is 43.0 Å². The molecule has 18 heteroatoms. The van der Waals surface area contributed by atoms with Gasteiger partial charge in [0.15, 0.2) is 5.75 Å². The molecule has 0 saturated carbocycles. The lowest BCUT2D eigenvalue weighted by atomic mass is 10.1. The van der Waals surface area contributed by atoms with Gasteiger partial charge in [-0.3, -0.25) is 24.4 Å². The van der Waals surface area contributed by atoms with Crippen molar-refractivity contribution >= 4 is 63.9 Å². The number of phenols is 1. The molecular weight excluding hydrogens is 666 g/mol. The summed E-state index contributed by atoms with van der Waals surface area (Å²) in [6.45, 7) is 0.346. The Hall–Kier alpha value is -6.24. The Bertz CT molecular complexity index is 2200. The first-order chi connectivity index (χ1) is 24.6. The zero-order valence-electron chi connectivity index (χ0n) is 27.8. The molecule has 18 nitrogen and oxygen atoms in total. The van der Waals surface area contributed by atoms with Crippen LogP contribution in [0.5, 0.6) is 5.75 Å². The molecule has 3 amide bonds. The van der Waals surface area contributed by atoms with Crippen LogP contribution in [-0.4, -0.2) is 88.2 Å². The zero-order chi connectivity index (χ0) is 36.2. The largest absolute Gasteiger partial charge is 0.504 e. The summed E-state index contributed by atoms with van der Waals surface area (Å²) in [5.74, 6) is -2.85. The molecule has 1 aromatic carbocycles. The van der Waals surface area contributed by atoms with E-state index in [1.165, 1.54) is 71.8 Å². The second kappa shape index (κ2) is 14.7. The lowest BCUT2D eigenvalue weighted by molar-refractivity contribution is -0.114. The molecule has 0 saturated heterocycles. The average molecular weight is 702 g/mol. The van der Waals surface area contributed by atoms with Gasteiger partial charge in [-0.1, -0.05) is 0 Å². The molecule has 6 N–H and O–H groups in total. The minimum absolute atomic E-state index is 0.00886. The number of aromatic carboxylic acids is 1. The number of nitrogens with zero attached hydrogens (tertiary/aromatic N) is 5. The molecule has 0 aliphatic carbocycles. The molecule has 266 valence electrons. The molecule has 3 aromatic heterocycles. The van der Waals surface area contributed by atoms with Crippen LogP contribution < -0.4 is 31.8 Å². The number of carbonyl (C=O) groups excluding carboxylic acids is 3. The van der Waals surface area contributed by atoms with E-state index >= 15 is 0 Å². The molecule has 0 bridgehead atoms. The number of aromatic hydroxyl groups is 1. The zero-order valence-corrected chi connectivity index (χ0v) is 27.8. The number of hydrogen-bond acceptors (Lipinski definition) is 11. The standard InChI is InChI=1S/C33H35N9O9/c1-49-15-40-12-19(37-27(43)11-35-23-9-22-28-18(4-5-34-22)10-36-29(28)30(23)44)6-24(40)31(45)38-20-7-25(41(13-20)16-50-2)32(46)39-21-8-26(33(47)48)42(14-21)17-51-3/h6-10,12-14,35,44H,4-5,11,15-17H2,1-3H3,(H,37,43)(H,38,45)(H,39,46)(H,47,48). The summed E-state index contributed by atoms with van der Waals surface area (Å²) in [7, 11) is 4.31. The van der Waals surface area contributed by atoms with E-state index in [2.05, 4.69) is 31.3 Å². The van der Waals surface area contributed by atoms with Crippen molar-refractivity contribution in [2.75, 3.05) is 55.7 Å². The van der Waals surface area contributed by atoms with Crippen LogP contribution in [0.1, 0.15) is 37.9 Å². The van der Waals surface area contributed by atoms with Crippen molar-refractivity contribution in [1.82, 2.24) is 13.7 Å². The molecule has 51 heavy (non-hydrogen) atoms. The van der Waals surface area contributed by atoms with Crippen molar-refractivity contribution in [2.45, 2.75) is 26.6 Å². The fraction of sp³-hybridized carbons (Fsp3) is 0.273. The van der Waals surface area contributed by atoms with Gasteiger partial charge in [0.25, 0.3) is 11.8 Å². The second-order valence-corrected chi connectivity index (χ2v) is 11.6. The number of anilines is 4. The maximum Gasteiger partial charge on any atom is 0.352 e. The fourth-order valence-corrected chi connectivity index (χ4v) is 5.84. The normalized spacial score (nSPS) is 12.7. The Morgan fingerprint density at radius 3 is 1.86 bits per heavy atom. The van der Waals surface area contributed by atoms with E-state index in [0.717, 1.165) is 17.2 Å². The highest BCUT2D eigenvalue weighted by Crippen LogP contribution is 2.32. The number of ether oxygens (including phenoxy) is 3. The number of aromatic nitrogens is 3. The number of benzene rings is 1. The predicted octanol–water partition coefficient (Wildman–Crippen LogP) is 1.75. The number of rotatable bonds is 15. The third-order valence-electron chi connectivity index (χ3n) is 8.00. The molecule has 0 unspecified atom stereocenters. The average Bonchev–Trinajstić information content (AvgIpc) is 3.89. The van der Waals surface area contributed by atoms with Gasteiger partial charge in [-0.05, 0) is 36.3 Å². The number of nitrogens with one attached hydrogen (secondary N) is 4. The van der Waals surface area contributed by atoms with Gasteiger partial charge in [-0.2, -0.15) is 0 Å². The highest BCUT2D eigenvalue weighted by atomic mass is 16.5. The van der Waals surface area contributed by atoms with E-state index in [-0.39, 0.29) is 60.9 Å². The van der Waals surface area contributed by atoms with Crippen LogP contribution in [-0.2, 0) is 39.2 Å². The van der Waals surface area contributed by atoms with Crippen LogP contribution in [0, 0.1) is 0 Å². The van der Waals surface area contributed by atoms with E-state index < -0.39 is 23.7 Å². The van der Waals surface area contributed by atoms with Gasteiger partial charge in [0.05, 0.1) is 34.7 Å². The van der Waals surface area contributed by atoms with Crippen molar-refractivity contribution in [3.05, 3.63) is 70.5 Å². The van der Waals surface area contributed by atoms with E-state index in [1.807, 2.05) is 0 Å². The van der Waals surface area contributed by atoms with Gasteiger partial charge in [0.2, 0.25) is 5.91 Å². The molecular formula is C33H35N9O9. The van der Waals surface area contributed by atoms with Crippen molar-refractivity contribution in [1.29, 1.82) is 0 Å². The van der Waals surface area contributed by atoms with Gasteiger partial charge in [0, 0.05) is 57.9 Å². The fourth-order valence-electron chi connectivity index (χ4n) is 5.84. The Morgan fingerprint density at radius 1 is 0.784 bits per heavy atom. The minimum Gasteiger partial charge on any atom is -0.504 e. The van der Waals surface area contributed by atoms with Crippen LogP contribution >= 0.6 is 0 Å². The Labute approximate surface area is 289 Å². The van der Waals surface area contributed by atoms with Crippen LogP contribution in [0.15, 0.2) is 52.8 Å². The van der Waals surface area contributed by atoms with Crippen molar-refractivity contribution < 1.29 is 43.6 Å². The van der Waals surface area contributed by atoms with E-state index in [0.29, 0.717) is 29.0 Å². The monoisotopic (exact) mass is 701 g/mol. The van der Waals surface area contributed by atoms with Crippen molar-refractivity contribution in [2.24, 2.45) is 9.98 Å². The maximum atomic E-state index is 13.5. The molecule has 6 rings (SSSR count). The summed E-state index contributed by atoms with van der Waals surface area (Å²) in [6, 6.07) is 5.90. The molecule has 0 radical (unpaired) electrons. The van der Waals surface area contributed by atoms with Crippen molar-refractivity contribution in [3.8, 4) is 5.75 Å². The summed E-state index contributed by atoms with van der Waals surface area (Å²) in [6.07, 6.45) is 6.96. The van der Waals surface area contributed by atoms with Gasteiger partial charge >= 0.3 is 5.97 Å². The topological polar surface area (TPSA) is 224 Å². The maximum absolute atomic E-state index is 13.5. The quantitative estimate of drug-likeness (QED) is 0.0985. The molecule has 0 atom stereocenters. The first-order valence-electron chi connectivity index (χ1n) is 15.5. The molecule has 0 fully saturated rings. The number of hydrogen-bond donors (Lipinski definition) is 6. The minimum atomic E-state index is -1.19. The molecule has 0 spiro atoms. The summed E-state index contributed by atoms with van der Waals surface area (Å²) in [5.41, 5.74) is 2.77. The number of aliphatic imine (C=N–C) groups is 1. The Morgan fingerprint density at radius 2 is 1.31 bits per heavy atom. The number of phenolic OH excluding ortho intramolecular Hbond substituents is 1. The lowest BCUT2D eigenvalue weighted by Gasteiger charge is -2.11. The molecule has 4 aromatic rings. The number of carboxylic acid groups (broad SMARTS) is 1. The lowest BCUT2D eigenvalue weighted by Crippen LogP contribution is -2.31. The van der Waals surface area contributed by atoms with Gasteiger partial charge in [-0.25, -0.2) is 4.79 Å². The van der Waals surface area contributed by atoms with Gasteiger partial charge < -0.3 is 59.4 Å². The van der Waals surface area contributed by atoms with Crippen LogP contribution in [0.2, 0.25) is 0 Å². The highest BCUT2D eigenvalue weighted by Gasteiger charge is 2.22. The number of amides is 3. The van der Waals surface area contributed by atoms with Crippen LogP contribution in [0.4, 0.5) is 28.4 Å². The predicted molar refractivity (Wildman–Crippen MR) is 184 cm³/mol.